The number of nitrogens with zero attached hydrogens (tertiary/aromatic N) is 3. The van der Waals surface area contributed by atoms with E-state index in [2.05, 4.69) is 10.2 Å². The zero-order chi connectivity index (χ0) is 6.69. The van der Waals surface area contributed by atoms with E-state index in [1.165, 1.54) is 0 Å². The molecule has 0 N–H and O–H groups in total. The van der Waals surface area contributed by atoms with Crippen molar-refractivity contribution in [3.8, 4) is 0 Å². The van der Waals surface area contributed by atoms with Gasteiger partial charge in [0.25, 0.3) is 0 Å². The van der Waals surface area contributed by atoms with E-state index in [4.69, 9.17) is 0 Å². The fourth-order valence-electron chi connectivity index (χ4n) is 0.542. The van der Waals surface area contributed by atoms with Crippen LogP contribution in [-0.4, -0.2) is 10.2 Å². The third-order valence-corrected chi connectivity index (χ3v) is 1.07. The molecule has 0 saturated carbocycles. The van der Waals surface area contributed by atoms with Crippen LogP contribution in [0.5, 0.6) is 0 Å². The molecule has 0 unspecified atom stereocenters. The third-order valence-electron chi connectivity index (χ3n) is 1.07. The van der Waals surface area contributed by atoms with Gasteiger partial charge >= 0.3 is 0 Å². The number of hydrogen-bond donors (Lipinski definition) is 0. The van der Waals surface area contributed by atoms with Gasteiger partial charge in [-0.05, 0) is 12.5 Å². The highest BCUT2D eigenvalue weighted by Crippen LogP contribution is 1.82. The number of rotatable bonds is 1. The Morgan fingerprint density at radius 2 is 2.00 bits per heavy atom. The van der Waals surface area contributed by atoms with Crippen LogP contribution in [0.2, 0.25) is 0 Å². The molecule has 0 spiro atoms. The average molecular weight is 124 g/mol. The summed E-state index contributed by atoms with van der Waals surface area (Å²) in [6.07, 6.45) is 3.60. The second kappa shape index (κ2) is 2.53. The Hall–Kier alpha value is -0.990. The summed E-state index contributed by atoms with van der Waals surface area (Å²) in [5.41, 5.74) is 1.10. The first-order valence-electron chi connectivity index (χ1n) is 3.02. The van der Waals surface area contributed by atoms with E-state index >= 15 is 0 Å². The van der Waals surface area contributed by atoms with Gasteiger partial charge in [0.15, 0.2) is 6.54 Å². The van der Waals surface area contributed by atoms with Crippen molar-refractivity contribution in [1.29, 1.82) is 0 Å². The molecule has 0 aliphatic heterocycles. The molecule has 0 radical (unpaired) electrons. The van der Waals surface area contributed by atoms with Crippen molar-refractivity contribution in [3.05, 3.63) is 18.0 Å². The molecule has 1 heterocycles. The summed E-state index contributed by atoms with van der Waals surface area (Å²) in [4.78, 5) is 1.65. The molecule has 3 heteroatoms. The summed E-state index contributed by atoms with van der Waals surface area (Å²) in [5.74, 6) is 0. The quantitative estimate of drug-likeness (QED) is 0.497. The van der Waals surface area contributed by atoms with E-state index in [1.807, 2.05) is 13.8 Å². The van der Waals surface area contributed by atoms with Gasteiger partial charge in [-0.1, -0.05) is 0 Å². The topological polar surface area (TPSA) is 29.7 Å². The van der Waals surface area contributed by atoms with Crippen LogP contribution in [0.3, 0.4) is 0 Å². The molecule has 0 aromatic carbocycles. The lowest BCUT2D eigenvalue weighted by Gasteiger charge is -1.84. The molecule has 0 atom stereocenters. The average Bonchev–Trinajstić information content (AvgIpc) is 1.90. The molecule has 0 saturated heterocycles. The molecule has 1 aromatic heterocycles. The summed E-state index contributed by atoms with van der Waals surface area (Å²) in [5, 5.41) is 8.00. The largest absolute Gasteiger partial charge is 0.200 e. The second-order valence-electron chi connectivity index (χ2n) is 1.92. The van der Waals surface area contributed by atoms with Crippen LogP contribution in [0.4, 0.5) is 0 Å². The Labute approximate surface area is 54.3 Å². The van der Waals surface area contributed by atoms with E-state index in [1.54, 1.807) is 17.2 Å². The Kier molecular flexibility index (Phi) is 1.72. The van der Waals surface area contributed by atoms with Gasteiger partial charge in [0.05, 0.1) is 0 Å². The fourth-order valence-corrected chi connectivity index (χ4v) is 0.542. The minimum atomic E-state index is 0.834. The molecule has 0 fully saturated rings. The van der Waals surface area contributed by atoms with E-state index < -0.39 is 0 Å². The van der Waals surface area contributed by atoms with Crippen LogP contribution in [0.1, 0.15) is 12.5 Å². The van der Waals surface area contributed by atoms with Crippen molar-refractivity contribution in [2.24, 2.45) is 0 Å². The Balaban J connectivity index is 2.88. The molecular formula is C6H10N3+. The molecule has 0 bridgehead atoms. The maximum absolute atomic E-state index is 4.00. The molecular weight excluding hydrogens is 114 g/mol. The van der Waals surface area contributed by atoms with Crippen LogP contribution < -0.4 is 4.80 Å². The van der Waals surface area contributed by atoms with Gasteiger partial charge in [0, 0.05) is 21.9 Å². The van der Waals surface area contributed by atoms with Gasteiger partial charge in [-0.15, -0.1) is 0 Å². The summed E-state index contributed by atoms with van der Waals surface area (Å²) >= 11 is 0. The van der Waals surface area contributed by atoms with Crippen molar-refractivity contribution in [1.82, 2.24) is 10.2 Å². The zero-order valence-corrected chi connectivity index (χ0v) is 5.70. The first-order valence-corrected chi connectivity index (χ1v) is 3.02. The van der Waals surface area contributed by atoms with Crippen LogP contribution in [0.15, 0.2) is 12.4 Å². The predicted molar refractivity (Wildman–Crippen MR) is 32.6 cm³/mol. The van der Waals surface area contributed by atoms with E-state index in [9.17, 15) is 0 Å². The van der Waals surface area contributed by atoms with Crippen molar-refractivity contribution in [2.45, 2.75) is 20.4 Å². The van der Waals surface area contributed by atoms with Crippen LogP contribution in [0, 0.1) is 6.92 Å². The highest BCUT2D eigenvalue weighted by Gasteiger charge is 1.95. The normalized spacial score (nSPS) is 9.56. The molecule has 9 heavy (non-hydrogen) atoms. The maximum Gasteiger partial charge on any atom is 0.200 e. The molecule has 0 aliphatic rings. The van der Waals surface area contributed by atoms with Crippen molar-refractivity contribution < 1.29 is 4.80 Å². The van der Waals surface area contributed by atoms with Gasteiger partial charge < -0.3 is 0 Å². The number of hydrogen-bond acceptors (Lipinski definition) is 2. The molecule has 1 aromatic rings. The Bertz CT molecular complexity index is 180. The molecule has 0 aliphatic carbocycles. The Morgan fingerprint density at radius 1 is 1.44 bits per heavy atom. The third kappa shape index (κ3) is 1.45. The van der Waals surface area contributed by atoms with Gasteiger partial charge in [0.2, 0.25) is 0 Å². The van der Waals surface area contributed by atoms with Crippen molar-refractivity contribution in [2.75, 3.05) is 0 Å². The second-order valence-corrected chi connectivity index (χ2v) is 1.92. The molecule has 48 valence electrons. The lowest BCUT2D eigenvalue weighted by atomic mass is 10.4. The van der Waals surface area contributed by atoms with Crippen LogP contribution >= 0.6 is 0 Å². The molecule has 1 rings (SSSR count). The fraction of sp³-hybridized carbons (Fsp3) is 0.500. The van der Waals surface area contributed by atoms with Gasteiger partial charge in [-0.25, -0.2) is 0 Å². The van der Waals surface area contributed by atoms with E-state index in [-0.39, 0.29) is 0 Å². The monoisotopic (exact) mass is 124 g/mol. The molecule has 0 amide bonds. The standard InChI is InChI=1S/C6H10N3/c1-3-9-7-4-6(2)5-8-9/h4-5H,3H2,1-2H3/q+1. The Morgan fingerprint density at radius 3 is 2.44 bits per heavy atom. The van der Waals surface area contributed by atoms with Crippen molar-refractivity contribution >= 4 is 0 Å². The van der Waals surface area contributed by atoms with Gasteiger partial charge in [0.1, 0.15) is 12.4 Å². The lowest BCUT2D eigenvalue weighted by Crippen LogP contribution is -2.40. The van der Waals surface area contributed by atoms with Gasteiger partial charge in [-0.3, -0.25) is 0 Å². The minimum absolute atomic E-state index is 0.834. The SMILES string of the molecule is CC[n+]1ncc(C)cn1. The highest BCUT2D eigenvalue weighted by atomic mass is 15.4. The summed E-state index contributed by atoms with van der Waals surface area (Å²) in [6, 6.07) is 0. The molecule has 3 nitrogen and oxygen atoms in total. The van der Waals surface area contributed by atoms with Crippen molar-refractivity contribution in [3.63, 3.8) is 0 Å². The summed E-state index contributed by atoms with van der Waals surface area (Å²) < 4.78 is 0. The summed E-state index contributed by atoms with van der Waals surface area (Å²) in [6.45, 7) is 4.82. The predicted octanol–water partition coefficient (Wildman–Crippen LogP) is 0.0924. The number of aromatic nitrogens is 3. The van der Waals surface area contributed by atoms with E-state index in [0.29, 0.717) is 0 Å². The van der Waals surface area contributed by atoms with Gasteiger partial charge in [-0.2, -0.15) is 0 Å². The van der Waals surface area contributed by atoms with Crippen LogP contribution in [0.25, 0.3) is 0 Å². The maximum atomic E-state index is 4.00. The van der Waals surface area contributed by atoms with E-state index in [0.717, 1.165) is 12.1 Å². The number of aryl methyl sites for hydroxylation is 2. The zero-order valence-electron chi connectivity index (χ0n) is 5.70. The smallest absolute Gasteiger partial charge is 0.0363 e. The summed E-state index contributed by atoms with van der Waals surface area (Å²) in [7, 11) is 0. The first-order chi connectivity index (χ1) is 4.33. The van der Waals surface area contributed by atoms with Crippen LogP contribution in [-0.2, 0) is 6.54 Å². The lowest BCUT2D eigenvalue weighted by molar-refractivity contribution is -0.804. The minimum Gasteiger partial charge on any atom is -0.0363 e. The highest BCUT2D eigenvalue weighted by molar-refractivity contribution is 4.94. The first kappa shape index (κ1) is 6.13.